The van der Waals surface area contributed by atoms with Crippen LogP contribution in [0.3, 0.4) is 0 Å². The number of Topliss-reactive ketones (excluding diaryl/α,β-unsaturated/α-hetero) is 1. The van der Waals surface area contributed by atoms with Gasteiger partial charge in [0.05, 0.1) is 0 Å². The molecule has 3 saturated carbocycles. The zero-order valence-electron chi connectivity index (χ0n) is 14.2. The largest absolute Gasteiger partial charge is 0.299 e. The fourth-order valence-corrected chi connectivity index (χ4v) is 6.99. The van der Waals surface area contributed by atoms with Crippen LogP contribution in [-0.4, -0.2) is 17.4 Å². The van der Waals surface area contributed by atoms with Crippen LogP contribution in [0.4, 0.5) is 0 Å². The predicted octanol–water partition coefficient (Wildman–Crippen LogP) is 4.55. The molecule has 2 nitrogen and oxygen atoms in total. The summed E-state index contributed by atoms with van der Waals surface area (Å²) >= 11 is 6.33. The molecule has 3 heteroatoms. The molecule has 4 aliphatic rings. The molecule has 4 rings (SSSR count). The number of fused-ring (bicyclic) bond motifs is 5. The maximum Gasteiger partial charge on any atom is 0.155 e. The van der Waals surface area contributed by atoms with Crippen LogP contribution in [0.25, 0.3) is 0 Å². The lowest BCUT2D eigenvalue weighted by Gasteiger charge is -2.58. The van der Waals surface area contributed by atoms with Gasteiger partial charge in [-0.1, -0.05) is 19.4 Å². The fraction of sp³-hybridized carbons (Fsp3) is 0.800. The first-order valence-electron chi connectivity index (χ1n) is 9.24. The SMILES string of the molecule is C[C@]12CCC(=O)C=C1C(CCl)C[C@@H]1[C@@H]2CC[C@]2(C)C(=O)CC[C@@H]12. The van der Waals surface area contributed by atoms with Crippen molar-refractivity contribution in [3.63, 3.8) is 0 Å². The van der Waals surface area contributed by atoms with E-state index in [0.717, 1.165) is 38.5 Å². The van der Waals surface area contributed by atoms with Crippen LogP contribution >= 0.6 is 11.6 Å². The number of carbonyl (C=O) groups excluding carboxylic acids is 2. The molecule has 0 aliphatic heterocycles. The lowest BCUT2D eigenvalue weighted by Crippen LogP contribution is -2.53. The third-order valence-corrected chi connectivity index (χ3v) is 8.39. The van der Waals surface area contributed by atoms with Crippen molar-refractivity contribution in [3.8, 4) is 0 Å². The van der Waals surface area contributed by atoms with Crippen LogP contribution in [0.2, 0.25) is 0 Å². The van der Waals surface area contributed by atoms with Crippen molar-refractivity contribution >= 4 is 23.2 Å². The number of allylic oxidation sites excluding steroid dienone is 1. The molecular formula is C20H27ClO2. The highest BCUT2D eigenvalue weighted by Crippen LogP contribution is 2.65. The van der Waals surface area contributed by atoms with Gasteiger partial charge in [-0.3, -0.25) is 9.59 Å². The number of rotatable bonds is 1. The Kier molecular flexibility index (Phi) is 3.58. The first-order valence-corrected chi connectivity index (χ1v) is 9.78. The van der Waals surface area contributed by atoms with Crippen LogP contribution in [0.1, 0.15) is 58.8 Å². The summed E-state index contributed by atoms with van der Waals surface area (Å²) in [7, 11) is 0. The average Bonchev–Trinajstić information content (AvgIpc) is 2.83. The van der Waals surface area contributed by atoms with Crippen molar-refractivity contribution in [2.45, 2.75) is 58.8 Å². The minimum Gasteiger partial charge on any atom is -0.299 e. The van der Waals surface area contributed by atoms with Crippen LogP contribution < -0.4 is 0 Å². The number of hydrogen-bond acceptors (Lipinski definition) is 2. The highest BCUT2D eigenvalue weighted by molar-refractivity contribution is 6.18. The molecule has 3 fully saturated rings. The van der Waals surface area contributed by atoms with E-state index >= 15 is 0 Å². The Labute approximate surface area is 144 Å². The molecule has 4 aliphatic carbocycles. The predicted molar refractivity (Wildman–Crippen MR) is 91.3 cm³/mol. The summed E-state index contributed by atoms with van der Waals surface area (Å²) in [5, 5.41) is 0. The maximum atomic E-state index is 12.5. The van der Waals surface area contributed by atoms with Crippen molar-refractivity contribution in [2.24, 2.45) is 34.5 Å². The zero-order valence-corrected chi connectivity index (χ0v) is 15.0. The summed E-state index contributed by atoms with van der Waals surface area (Å²) in [6.07, 6.45) is 8.69. The molecule has 0 saturated heterocycles. The Morgan fingerprint density at radius 3 is 2.57 bits per heavy atom. The Balaban J connectivity index is 1.75. The molecule has 126 valence electrons. The standard InChI is InChI=1S/C20H27ClO2/c1-19-7-5-13(22)10-17(19)12(11-21)9-14-15-3-4-18(23)20(15,2)8-6-16(14)19/h10,12,14-16H,3-9,11H2,1-2H3/t12?,14-,15-,16-,19+,20-/m0/s1. The topological polar surface area (TPSA) is 34.1 Å². The molecular weight excluding hydrogens is 308 g/mol. The highest BCUT2D eigenvalue weighted by atomic mass is 35.5. The van der Waals surface area contributed by atoms with Gasteiger partial charge in [-0.25, -0.2) is 0 Å². The number of hydrogen-bond donors (Lipinski definition) is 0. The van der Waals surface area contributed by atoms with E-state index in [-0.39, 0.29) is 16.6 Å². The van der Waals surface area contributed by atoms with Gasteiger partial charge < -0.3 is 0 Å². The number of ketones is 2. The lowest BCUT2D eigenvalue weighted by atomic mass is 9.46. The number of alkyl halides is 1. The summed E-state index contributed by atoms with van der Waals surface area (Å²) in [5.41, 5.74) is 1.38. The highest BCUT2D eigenvalue weighted by Gasteiger charge is 2.60. The Hall–Kier alpha value is -0.630. The molecule has 1 unspecified atom stereocenters. The first-order chi connectivity index (χ1) is 10.9. The van der Waals surface area contributed by atoms with Gasteiger partial charge in [-0.15, -0.1) is 11.6 Å². The molecule has 0 radical (unpaired) electrons. The zero-order chi connectivity index (χ0) is 16.4. The van der Waals surface area contributed by atoms with E-state index in [1.165, 1.54) is 5.57 Å². The van der Waals surface area contributed by atoms with Crippen molar-refractivity contribution in [1.29, 1.82) is 0 Å². The molecule has 0 amide bonds. The molecule has 0 aromatic carbocycles. The number of carbonyl (C=O) groups is 2. The molecule has 0 aromatic rings. The third-order valence-electron chi connectivity index (χ3n) is 8.01. The van der Waals surface area contributed by atoms with E-state index in [0.29, 0.717) is 41.8 Å². The summed E-state index contributed by atoms with van der Waals surface area (Å²) in [4.78, 5) is 24.5. The van der Waals surface area contributed by atoms with Crippen LogP contribution in [-0.2, 0) is 9.59 Å². The monoisotopic (exact) mass is 334 g/mol. The Morgan fingerprint density at radius 2 is 1.83 bits per heavy atom. The van der Waals surface area contributed by atoms with Gasteiger partial charge in [0.15, 0.2) is 5.78 Å². The van der Waals surface area contributed by atoms with Crippen LogP contribution in [0, 0.1) is 34.5 Å². The van der Waals surface area contributed by atoms with Crippen molar-refractivity contribution in [2.75, 3.05) is 5.88 Å². The van der Waals surface area contributed by atoms with Gasteiger partial charge in [0.2, 0.25) is 0 Å². The molecule has 6 atom stereocenters. The molecule has 0 spiro atoms. The molecule has 0 heterocycles. The van der Waals surface area contributed by atoms with E-state index < -0.39 is 0 Å². The van der Waals surface area contributed by atoms with Crippen LogP contribution in [0.5, 0.6) is 0 Å². The molecule has 0 N–H and O–H groups in total. The smallest absolute Gasteiger partial charge is 0.155 e. The van der Waals surface area contributed by atoms with Gasteiger partial charge in [-0.05, 0) is 67.3 Å². The fourth-order valence-electron chi connectivity index (χ4n) is 6.70. The first kappa shape index (κ1) is 15.9. The minimum absolute atomic E-state index is 0.0832. The second-order valence-corrected chi connectivity index (χ2v) is 9.17. The Morgan fingerprint density at radius 1 is 1.09 bits per heavy atom. The maximum absolute atomic E-state index is 12.5. The second kappa shape index (κ2) is 5.18. The molecule has 0 aromatic heterocycles. The van der Waals surface area contributed by atoms with Gasteiger partial charge >= 0.3 is 0 Å². The van der Waals surface area contributed by atoms with Gasteiger partial charge in [0.1, 0.15) is 5.78 Å². The van der Waals surface area contributed by atoms with Gasteiger partial charge in [0, 0.05) is 24.1 Å². The average molecular weight is 335 g/mol. The molecule has 0 bridgehead atoms. The minimum atomic E-state index is -0.0832. The van der Waals surface area contributed by atoms with Crippen molar-refractivity contribution in [1.82, 2.24) is 0 Å². The van der Waals surface area contributed by atoms with Crippen molar-refractivity contribution in [3.05, 3.63) is 11.6 Å². The quantitative estimate of drug-likeness (QED) is 0.659. The lowest BCUT2D eigenvalue weighted by molar-refractivity contribution is -0.133. The van der Waals surface area contributed by atoms with Gasteiger partial charge in [-0.2, -0.15) is 0 Å². The molecule has 23 heavy (non-hydrogen) atoms. The van der Waals surface area contributed by atoms with E-state index in [1.807, 2.05) is 6.08 Å². The summed E-state index contributed by atoms with van der Waals surface area (Å²) < 4.78 is 0. The summed E-state index contributed by atoms with van der Waals surface area (Å²) in [6, 6.07) is 0. The van der Waals surface area contributed by atoms with Crippen molar-refractivity contribution < 1.29 is 9.59 Å². The Bertz CT molecular complexity index is 594. The van der Waals surface area contributed by atoms with E-state index in [4.69, 9.17) is 11.6 Å². The van der Waals surface area contributed by atoms with Gasteiger partial charge in [0.25, 0.3) is 0 Å². The van der Waals surface area contributed by atoms with E-state index in [2.05, 4.69) is 13.8 Å². The van der Waals surface area contributed by atoms with E-state index in [1.54, 1.807) is 0 Å². The third kappa shape index (κ3) is 2.06. The summed E-state index contributed by atoms with van der Waals surface area (Å²) in [6.45, 7) is 4.60. The second-order valence-electron chi connectivity index (χ2n) is 8.87. The van der Waals surface area contributed by atoms with E-state index in [9.17, 15) is 9.59 Å². The number of halogens is 1. The van der Waals surface area contributed by atoms with Crippen LogP contribution in [0.15, 0.2) is 11.6 Å². The summed E-state index contributed by atoms with van der Waals surface area (Å²) in [5.74, 6) is 3.48. The normalized spacial score (nSPS) is 49.3.